The van der Waals surface area contributed by atoms with Crippen molar-refractivity contribution < 1.29 is 9.53 Å². The van der Waals surface area contributed by atoms with E-state index in [4.69, 9.17) is 39.5 Å². The van der Waals surface area contributed by atoms with Crippen molar-refractivity contribution in [1.82, 2.24) is 9.55 Å². The number of carbonyl (C=O) groups excluding carboxylic acids is 1. The quantitative estimate of drug-likeness (QED) is 0.449. The predicted octanol–water partition coefficient (Wildman–Crippen LogP) is 5.22. The molecule has 0 bridgehead atoms. The van der Waals surface area contributed by atoms with Crippen LogP contribution in [0.1, 0.15) is 27.2 Å². The molecule has 0 radical (unpaired) electrons. The first-order valence-corrected chi connectivity index (χ1v) is 8.63. The number of halogens is 3. The van der Waals surface area contributed by atoms with Crippen molar-refractivity contribution in [3.63, 3.8) is 0 Å². The molecule has 7 heteroatoms. The van der Waals surface area contributed by atoms with Crippen molar-refractivity contribution in [3.05, 3.63) is 61.8 Å². The number of benzene rings is 1. The van der Waals surface area contributed by atoms with Crippen molar-refractivity contribution in [2.75, 3.05) is 7.11 Å². The lowest BCUT2D eigenvalue weighted by Gasteiger charge is -2.11. The van der Waals surface area contributed by atoms with Crippen molar-refractivity contribution >= 4 is 51.8 Å². The molecule has 3 rings (SSSR count). The molecule has 1 aromatic carbocycles. The van der Waals surface area contributed by atoms with Crippen LogP contribution in [0.25, 0.3) is 11.0 Å². The summed E-state index contributed by atoms with van der Waals surface area (Å²) in [6.07, 6.45) is 0.451. The van der Waals surface area contributed by atoms with Gasteiger partial charge in [0.25, 0.3) is 0 Å². The predicted molar refractivity (Wildman–Crippen MR) is 101 cm³/mol. The number of fused-ring (bicyclic) bond motifs is 1. The zero-order valence-corrected chi connectivity index (χ0v) is 16.1. The molecule has 0 aliphatic carbocycles. The topological polar surface area (TPSA) is 44.1 Å². The Morgan fingerprint density at radius 1 is 1.24 bits per heavy atom. The lowest BCUT2D eigenvalue weighted by atomic mass is 10.1. The van der Waals surface area contributed by atoms with E-state index in [0.29, 0.717) is 32.7 Å². The molecule has 2 aromatic heterocycles. The largest absolute Gasteiger partial charge is 0.465 e. The fraction of sp³-hybridized carbons (Fsp3) is 0.222. The number of carbonyl (C=O) groups is 1. The van der Waals surface area contributed by atoms with Crippen molar-refractivity contribution in [1.29, 1.82) is 0 Å². The fourth-order valence-electron chi connectivity index (χ4n) is 2.84. The first kappa shape index (κ1) is 18.1. The Morgan fingerprint density at radius 2 is 1.96 bits per heavy atom. The van der Waals surface area contributed by atoms with Crippen molar-refractivity contribution in [3.8, 4) is 0 Å². The fourth-order valence-corrected chi connectivity index (χ4v) is 3.66. The Kier molecular flexibility index (Phi) is 4.96. The van der Waals surface area contributed by atoms with Gasteiger partial charge >= 0.3 is 5.97 Å². The molecule has 0 saturated heterocycles. The van der Waals surface area contributed by atoms with E-state index in [1.807, 2.05) is 30.7 Å². The summed E-state index contributed by atoms with van der Waals surface area (Å²) in [6, 6.07) is 7.07. The van der Waals surface area contributed by atoms with E-state index in [2.05, 4.69) is 4.98 Å². The van der Waals surface area contributed by atoms with Gasteiger partial charge in [0.15, 0.2) is 0 Å². The van der Waals surface area contributed by atoms with E-state index in [1.165, 1.54) is 7.11 Å². The van der Waals surface area contributed by atoms with Crippen molar-refractivity contribution in [2.24, 2.45) is 7.05 Å². The van der Waals surface area contributed by atoms with Crippen LogP contribution in [0, 0.1) is 6.92 Å². The van der Waals surface area contributed by atoms with Crippen LogP contribution in [-0.4, -0.2) is 22.6 Å². The average Bonchev–Trinajstić information content (AvgIpc) is 2.88. The molecular weight excluding hydrogens is 383 g/mol. The van der Waals surface area contributed by atoms with Gasteiger partial charge in [-0.2, -0.15) is 0 Å². The smallest absolute Gasteiger partial charge is 0.339 e. The summed E-state index contributed by atoms with van der Waals surface area (Å²) < 4.78 is 6.72. The van der Waals surface area contributed by atoms with Crippen LogP contribution in [0.2, 0.25) is 15.2 Å². The third-order valence-corrected chi connectivity index (χ3v) is 5.20. The lowest BCUT2D eigenvalue weighted by molar-refractivity contribution is 0.0601. The van der Waals surface area contributed by atoms with Gasteiger partial charge in [-0.15, -0.1) is 0 Å². The van der Waals surface area contributed by atoms with E-state index in [9.17, 15) is 4.79 Å². The zero-order chi connectivity index (χ0) is 18.3. The molecular formula is C18H15Cl3N2O2. The monoisotopic (exact) mass is 396 g/mol. The van der Waals surface area contributed by atoms with Gasteiger partial charge in [0, 0.05) is 29.6 Å². The number of hydrogen-bond acceptors (Lipinski definition) is 3. The molecule has 0 unspecified atom stereocenters. The summed E-state index contributed by atoms with van der Waals surface area (Å²) in [5, 5.41) is 2.25. The van der Waals surface area contributed by atoms with Gasteiger partial charge < -0.3 is 9.30 Å². The molecule has 0 N–H and O–H groups in total. The first-order valence-electron chi connectivity index (χ1n) is 7.50. The molecule has 0 spiro atoms. The minimum Gasteiger partial charge on any atom is -0.465 e. The van der Waals surface area contributed by atoms with Crippen LogP contribution in [0.15, 0.2) is 24.3 Å². The molecule has 0 aliphatic rings. The Balaban J connectivity index is 2.12. The minimum atomic E-state index is -0.496. The van der Waals surface area contributed by atoms with Gasteiger partial charge in [0.1, 0.15) is 10.8 Å². The number of hydrogen-bond donors (Lipinski definition) is 0. The van der Waals surface area contributed by atoms with Crippen molar-refractivity contribution in [2.45, 2.75) is 13.3 Å². The molecule has 130 valence electrons. The molecule has 0 atom stereocenters. The maximum atomic E-state index is 11.9. The van der Waals surface area contributed by atoms with Gasteiger partial charge in [0.05, 0.1) is 17.7 Å². The second-order valence-electron chi connectivity index (χ2n) is 5.75. The van der Waals surface area contributed by atoms with Gasteiger partial charge in [-0.05, 0) is 42.3 Å². The second-order valence-corrected chi connectivity index (χ2v) is 6.92. The highest BCUT2D eigenvalue weighted by atomic mass is 35.5. The van der Waals surface area contributed by atoms with Crippen LogP contribution in [0.5, 0.6) is 0 Å². The Labute approximate surface area is 160 Å². The third kappa shape index (κ3) is 3.22. The zero-order valence-electron chi connectivity index (χ0n) is 13.9. The van der Waals surface area contributed by atoms with Crippen LogP contribution in [-0.2, 0) is 18.2 Å². The molecule has 0 saturated carbocycles. The summed E-state index contributed by atoms with van der Waals surface area (Å²) in [5.41, 5.74) is 3.74. The van der Waals surface area contributed by atoms with E-state index in [0.717, 1.165) is 22.3 Å². The molecule has 3 aromatic rings. The summed E-state index contributed by atoms with van der Waals surface area (Å²) in [4.78, 5) is 16.3. The third-order valence-electron chi connectivity index (χ3n) is 4.22. The van der Waals surface area contributed by atoms with Crippen LogP contribution in [0.3, 0.4) is 0 Å². The second kappa shape index (κ2) is 6.87. The minimum absolute atomic E-state index is 0.291. The molecule has 4 nitrogen and oxygen atoms in total. The normalized spacial score (nSPS) is 11.1. The first-order chi connectivity index (χ1) is 11.8. The van der Waals surface area contributed by atoms with Gasteiger partial charge in [-0.25, -0.2) is 9.78 Å². The number of methoxy groups -OCH3 is 1. The van der Waals surface area contributed by atoms with E-state index in [-0.39, 0.29) is 0 Å². The van der Waals surface area contributed by atoms with Gasteiger partial charge in [0.2, 0.25) is 0 Å². The maximum absolute atomic E-state index is 11.9. The molecule has 25 heavy (non-hydrogen) atoms. The van der Waals surface area contributed by atoms with Gasteiger partial charge in [-0.3, -0.25) is 0 Å². The summed E-state index contributed by atoms with van der Waals surface area (Å²) in [7, 11) is 3.22. The SMILES string of the molecule is COC(=O)c1ccc(Cl)c(Cc2cc3c(C)cc(Cl)nc3n2C)c1Cl. The number of nitrogens with zero attached hydrogens (tertiary/aromatic N) is 2. The number of aromatic nitrogens is 2. The molecule has 0 amide bonds. The van der Waals surface area contributed by atoms with E-state index in [1.54, 1.807) is 12.1 Å². The van der Waals surface area contributed by atoms with Crippen LogP contribution >= 0.6 is 34.8 Å². The van der Waals surface area contributed by atoms with E-state index >= 15 is 0 Å². The number of rotatable bonds is 3. The lowest BCUT2D eigenvalue weighted by Crippen LogP contribution is -2.06. The molecule has 0 aliphatic heterocycles. The highest BCUT2D eigenvalue weighted by Crippen LogP contribution is 2.32. The number of ether oxygens (including phenoxy) is 1. The maximum Gasteiger partial charge on any atom is 0.339 e. The van der Waals surface area contributed by atoms with E-state index < -0.39 is 5.97 Å². The Morgan fingerprint density at radius 3 is 2.64 bits per heavy atom. The van der Waals surface area contributed by atoms with Crippen LogP contribution < -0.4 is 0 Å². The average molecular weight is 398 g/mol. The van der Waals surface area contributed by atoms with Crippen LogP contribution in [0.4, 0.5) is 0 Å². The standard InChI is InChI=1S/C18H15Cl3N2O2/c1-9-6-15(20)22-17-12(9)7-10(23(17)2)8-13-14(19)5-4-11(16(13)21)18(24)25-3/h4-7H,8H2,1-3H3. The molecule has 0 fully saturated rings. The highest BCUT2D eigenvalue weighted by molar-refractivity contribution is 6.38. The number of pyridine rings is 1. The van der Waals surface area contributed by atoms with Gasteiger partial charge in [-0.1, -0.05) is 34.8 Å². The number of esters is 1. The Hall–Kier alpha value is -1.75. The number of aryl methyl sites for hydroxylation is 2. The summed E-state index contributed by atoms with van der Waals surface area (Å²) in [6.45, 7) is 1.98. The molecule has 2 heterocycles. The Bertz CT molecular complexity index is 996. The highest BCUT2D eigenvalue weighted by Gasteiger charge is 2.19. The summed E-state index contributed by atoms with van der Waals surface area (Å²) >= 11 is 18.8. The summed E-state index contributed by atoms with van der Waals surface area (Å²) in [5.74, 6) is -0.496.